The van der Waals surface area contributed by atoms with E-state index in [0.29, 0.717) is 11.1 Å². The summed E-state index contributed by atoms with van der Waals surface area (Å²) in [7, 11) is 0. The van der Waals surface area contributed by atoms with E-state index in [2.05, 4.69) is 0 Å². The van der Waals surface area contributed by atoms with Gasteiger partial charge in [0.2, 0.25) is 0 Å². The number of benzene rings is 2. The molecule has 3 rings (SSSR count). The van der Waals surface area contributed by atoms with Gasteiger partial charge in [-0.25, -0.2) is 0 Å². The molecule has 0 aliphatic carbocycles. The number of carbonyl (C=O) groups is 2. The summed E-state index contributed by atoms with van der Waals surface area (Å²) in [5.41, 5.74) is 5.59. The van der Waals surface area contributed by atoms with Gasteiger partial charge in [-0.15, -0.1) is 0 Å². The summed E-state index contributed by atoms with van der Waals surface area (Å²) in [6.45, 7) is 4.36. The fourth-order valence-electron chi connectivity index (χ4n) is 4.33. The Bertz CT molecular complexity index is 1260. The van der Waals surface area contributed by atoms with Crippen LogP contribution in [-0.2, 0) is 20.5 Å². The number of nitrogens with zero attached hydrogens (tertiary/aromatic N) is 2. The molecule has 10 heteroatoms. The summed E-state index contributed by atoms with van der Waals surface area (Å²) in [5.74, 6) is -3.86. The molecular formula is C25H23F3N4O3. The largest absolute Gasteiger partial charge is 0.465 e. The average molecular weight is 484 g/mol. The molecule has 2 atom stereocenters. The zero-order valence-electron chi connectivity index (χ0n) is 19.2. The van der Waals surface area contributed by atoms with Gasteiger partial charge in [0, 0.05) is 28.6 Å². The Balaban J connectivity index is 2.31. The predicted molar refractivity (Wildman–Crippen MR) is 123 cm³/mol. The van der Waals surface area contributed by atoms with Crippen molar-refractivity contribution in [3.05, 3.63) is 70.4 Å². The topological polar surface area (TPSA) is 120 Å². The number of rotatable bonds is 5. The first-order valence-electron chi connectivity index (χ1n) is 10.6. The smallest absolute Gasteiger partial charge is 0.416 e. The summed E-state index contributed by atoms with van der Waals surface area (Å²) in [6.07, 6.45) is -4.70. The van der Waals surface area contributed by atoms with Gasteiger partial charge in [0.1, 0.15) is 11.8 Å². The molecule has 1 aliphatic heterocycles. The molecule has 0 spiro atoms. The van der Waals surface area contributed by atoms with Crippen LogP contribution < -0.4 is 10.6 Å². The number of carbonyl (C=O) groups excluding carboxylic acids is 2. The van der Waals surface area contributed by atoms with Gasteiger partial charge in [-0.2, -0.15) is 18.4 Å². The highest BCUT2D eigenvalue weighted by molar-refractivity contribution is 6.15. The van der Waals surface area contributed by atoms with E-state index in [4.69, 9.17) is 21.1 Å². The van der Waals surface area contributed by atoms with Gasteiger partial charge in [-0.05, 0) is 56.7 Å². The number of amidine groups is 1. The van der Waals surface area contributed by atoms with Gasteiger partial charge in [-0.3, -0.25) is 15.0 Å². The van der Waals surface area contributed by atoms with Gasteiger partial charge in [-0.1, -0.05) is 12.1 Å². The number of ketones is 1. The number of ether oxygens (including phenoxy) is 1. The number of nitrogens with one attached hydrogen (secondary N) is 1. The zero-order valence-corrected chi connectivity index (χ0v) is 19.2. The second-order valence-corrected chi connectivity index (χ2v) is 8.03. The number of allylic oxidation sites excluding steroid dienone is 2. The third-order valence-corrected chi connectivity index (χ3v) is 5.75. The van der Waals surface area contributed by atoms with E-state index >= 15 is 0 Å². The maximum absolute atomic E-state index is 13.5. The Kier molecular flexibility index (Phi) is 7.01. The molecule has 2 aromatic rings. The molecule has 0 saturated carbocycles. The quantitative estimate of drug-likeness (QED) is 0.465. The molecule has 3 N–H and O–H groups in total. The molecule has 0 fully saturated rings. The number of nitrogens with two attached hydrogens (primary N) is 1. The number of hydrogen-bond acceptors (Lipinski definition) is 6. The highest BCUT2D eigenvalue weighted by Gasteiger charge is 2.46. The van der Waals surface area contributed by atoms with Crippen molar-refractivity contribution < 1.29 is 27.5 Å². The minimum atomic E-state index is -4.70. The van der Waals surface area contributed by atoms with Crippen LogP contribution in [0.3, 0.4) is 0 Å². The lowest BCUT2D eigenvalue weighted by molar-refractivity contribution is -0.146. The number of nitriles is 1. The van der Waals surface area contributed by atoms with Crippen LogP contribution in [0.4, 0.5) is 24.5 Å². The Morgan fingerprint density at radius 3 is 2.34 bits per heavy atom. The van der Waals surface area contributed by atoms with Crippen LogP contribution in [0.15, 0.2) is 53.7 Å². The number of anilines is 2. The Morgan fingerprint density at radius 2 is 1.83 bits per heavy atom. The van der Waals surface area contributed by atoms with Crippen LogP contribution in [0, 0.1) is 22.7 Å². The highest BCUT2D eigenvalue weighted by atomic mass is 19.4. The van der Waals surface area contributed by atoms with Crippen molar-refractivity contribution >= 4 is 29.0 Å². The molecule has 0 saturated heterocycles. The SMILES string of the molecule is CCOC(=O)C1C(=N)N(c2cc(N)cc(C(F)(F)F)c2)C(C)=C(C(C)=O)C1c1ccc(C#N)cc1. The first-order valence-corrected chi connectivity index (χ1v) is 10.6. The summed E-state index contributed by atoms with van der Waals surface area (Å²) < 4.78 is 45.6. The van der Waals surface area contributed by atoms with E-state index in [1.807, 2.05) is 6.07 Å². The minimum Gasteiger partial charge on any atom is -0.465 e. The van der Waals surface area contributed by atoms with Crippen molar-refractivity contribution in [1.82, 2.24) is 0 Å². The minimum absolute atomic E-state index is 0.00267. The molecular weight excluding hydrogens is 461 g/mol. The number of esters is 1. The monoisotopic (exact) mass is 484 g/mol. The maximum atomic E-state index is 13.5. The molecule has 7 nitrogen and oxygen atoms in total. The third kappa shape index (κ3) is 4.89. The molecule has 2 aromatic carbocycles. The van der Waals surface area contributed by atoms with Crippen LogP contribution >= 0.6 is 0 Å². The Hall–Kier alpha value is -4.13. The Morgan fingerprint density at radius 1 is 1.20 bits per heavy atom. The normalized spacial score (nSPS) is 18.3. The molecule has 1 aliphatic rings. The Labute approximate surface area is 200 Å². The lowest BCUT2D eigenvalue weighted by Gasteiger charge is -2.41. The molecule has 35 heavy (non-hydrogen) atoms. The first-order chi connectivity index (χ1) is 16.4. The molecule has 0 aromatic heterocycles. The molecule has 0 radical (unpaired) electrons. The maximum Gasteiger partial charge on any atom is 0.416 e. The lowest BCUT2D eigenvalue weighted by Crippen LogP contribution is -2.48. The van der Waals surface area contributed by atoms with E-state index < -0.39 is 35.3 Å². The predicted octanol–water partition coefficient (Wildman–Crippen LogP) is 4.78. The highest BCUT2D eigenvalue weighted by Crippen LogP contribution is 2.44. The standard InChI is InChI=1S/C25H23F3N4O3/c1-4-35-24(34)22-21(16-7-5-15(12-29)6-8-16)20(14(3)33)13(2)32(23(22)31)19-10-17(25(26,27)28)9-18(30)11-19/h5-11,21-22,31H,4,30H2,1-3H3. The molecule has 0 bridgehead atoms. The fraction of sp³-hybridized carbons (Fsp3) is 0.280. The number of halogens is 3. The van der Waals surface area contributed by atoms with Crippen molar-refractivity contribution in [2.45, 2.75) is 32.9 Å². The number of hydrogen-bond donors (Lipinski definition) is 2. The van der Waals surface area contributed by atoms with Crippen molar-refractivity contribution in [1.29, 1.82) is 10.7 Å². The summed E-state index contributed by atoms with van der Waals surface area (Å²) in [5, 5.41) is 18.0. The second-order valence-electron chi connectivity index (χ2n) is 8.03. The van der Waals surface area contributed by atoms with E-state index in [-0.39, 0.29) is 35.1 Å². The van der Waals surface area contributed by atoms with Crippen LogP contribution in [-0.4, -0.2) is 24.2 Å². The van der Waals surface area contributed by atoms with Crippen molar-refractivity contribution in [2.24, 2.45) is 5.92 Å². The summed E-state index contributed by atoms with van der Waals surface area (Å²) >= 11 is 0. The third-order valence-electron chi connectivity index (χ3n) is 5.75. The fourth-order valence-corrected chi connectivity index (χ4v) is 4.33. The van der Waals surface area contributed by atoms with E-state index in [1.165, 1.54) is 32.0 Å². The van der Waals surface area contributed by atoms with E-state index in [1.54, 1.807) is 19.1 Å². The molecule has 0 amide bonds. The van der Waals surface area contributed by atoms with Crippen molar-refractivity contribution in [2.75, 3.05) is 17.2 Å². The van der Waals surface area contributed by atoms with Crippen LogP contribution in [0.25, 0.3) is 0 Å². The van der Waals surface area contributed by atoms with E-state index in [9.17, 15) is 22.8 Å². The van der Waals surface area contributed by atoms with Gasteiger partial charge in [0.25, 0.3) is 0 Å². The molecule has 182 valence electrons. The number of Topliss-reactive ketones (excluding diaryl/α,β-unsaturated/α-hetero) is 1. The van der Waals surface area contributed by atoms with Gasteiger partial charge < -0.3 is 15.4 Å². The first kappa shape index (κ1) is 25.5. The molecule has 1 heterocycles. The van der Waals surface area contributed by atoms with Crippen LogP contribution in [0.1, 0.15) is 43.4 Å². The van der Waals surface area contributed by atoms with Gasteiger partial charge in [0.15, 0.2) is 5.78 Å². The van der Waals surface area contributed by atoms with Crippen molar-refractivity contribution in [3.8, 4) is 6.07 Å². The lowest BCUT2D eigenvalue weighted by atomic mass is 9.74. The average Bonchev–Trinajstić information content (AvgIpc) is 2.77. The van der Waals surface area contributed by atoms with E-state index in [0.717, 1.165) is 17.0 Å². The van der Waals surface area contributed by atoms with Crippen LogP contribution in [0.2, 0.25) is 0 Å². The number of alkyl halides is 3. The van der Waals surface area contributed by atoms with Gasteiger partial charge in [0.05, 0.1) is 23.8 Å². The number of nitrogen functional groups attached to an aromatic ring is 1. The summed E-state index contributed by atoms with van der Waals surface area (Å²) in [6, 6.07) is 11.0. The van der Waals surface area contributed by atoms with Crippen LogP contribution in [0.5, 0.6) is 0 Å². The zero-order chi connectivity index (χ0) is 26.1. The van der Waals surface area contributed by atoms with Gasteiger partial charge >= 0.3 is 12.1 Å². The molecule has 2 unspecified atom stereocenters. The summed E-state index contributed by atoms with van der Waals surface area (Å²) in [4.78, 5) is 27.1. The van der Waals surface area contributed by atoms with Crippen molar-refractivity contribution in [3.63, 3.8) is 0 Å². The second kappa shape index (κ2) is 9.62.